The minimum absolute atomic E-state index is 0.0768. The average molecular weight is 768 g/mol. The molecule has 4 nitrogen and oxygen atoms in total. The highest BCUT2D eigenvalue weighted by atomic mass is 16.3. The lowest BCUT2D eigenvalue weighted by atomic mass is 10.0. The van der Waals surface area contributed by atoms with Crippen LogP contribution in [0, 0.1) is 0 Å². The molecule has 2 unspecified atom stereocenters. The predicted molar refractivity (Wildman–Crippen MR) is 244 cm³/mol. The summed E-state index contributed by atoms with van der Waals surface area (Å²) >= 11 is 0. The number of carbonyl (C=O) groups excluding carboxylic acids is 1. The van der Waals surface area contributed by atoms with Gasteiger partial charge >= 0.3 is 0 Å². The fourth-order valence-electron chi connectivity index (χ4n) is 7.01. The molecule has 0 saturated carbocycles. The fourth-order valence-corrected chi connectivity index (χ4v) is 7.01. The molecule has 0 aromatic heterocycles. The molecule has 0 rings (SSSR count). The van der Waals surface area contributed by atoms with Gasteiger partial charge in [-0.25, -0.2) is 0 Å². The van der Waals surface area contributed by atoms with Crippen molar-refractivity contribution < 1.29 is 15.0 Å². The van der Waals surface area contributed by atoms with Gasteiger partial charge in [-0.15, -0.1) is 0 Å². The largest absolute Gasteiger partial charge is 0.394 e. The van der Waals surface area contributed by atoms with Crippen LogP contribution in [-0.4, -0.2) is 34.9 Å². The third-order valence-corrected chi connectivity index (χ3v) is 10.7. The Labute approximate surface area is 343 Å². The maximum absolute atomic E-state index is 12.3. The second-order valence-corrected chi connectivity index (χ2v) is 16.2. The first-order valence-electron chi connectivity index (χ1n) is 24.0. The van der Waals surface area contributed by atoms with Crippen LogP contribution in [-0.2, 0) is 4.79 Å². The second-order valence-electron chi connectivity index (χ2n) is 16.2. The molecule has 0 fully saturated rings. The van der Waals surface area contributed by atoms with Crippen molar-refractivity contribution in [3.8, 4) is 0 Å². The molecule has 1 amide bonds. The van der Waals surface area contributed by atoms with Crippen LogP contribution in [0.2, 0.25) is 0 Å². The number of hydrogen-bond donors (Lipinski definition) is 3. The molecule has 320 valence electrons. The van der Waals surface area contributed by atoms with Crippen molar-refractivity contribution in [2.45, 2.75) is 251 Å². The zero-order chi connectivity index (χ0) is 40.0. The Morgan fingerprint density at radius 2 is 0.782 bits per heavy atom. The van der Waals surface area contributed by atoms with Gasteiger partial charge in [-0.05, 0) is 64.2 Å². The third-order valence-electron chi connectivity index (χ3n) is 10.7. The highest BCUT2D eigenvalue weighted by Gasteiger charge is 2.17. The Bertz CT molecular complexity index is 919. The second kappa shape index (κ2) is 46.5. The molecule has 0 heterocycles. The molecule has 0 aliphatic carbocycles. The number of carbonyl (C=O) groups is 1. The van der Waals surface area contributed by atoms with Gasteiger partial charge in [-0.3, -0.25) is 4.79 Å². The Morgan fingerprint density at radius 3 is 1.24 bits per heavy atom. The monoisotopic (exact) mass is 768 g/mol. The van der Waals surface area contributed by atoms with Crippen LogP contribution in [0.3, 0.4) is 0 Å². The summed E-state index contributed by atoms with van der Waals surface area (Å²) in [5.74, 6) is -0.0768. The van der Waals surface area contributed by atoms with E-state index in [4.69, 9.17) is 0 Å². The average Bonchev–Trinajstić information content (AvgIpc) is 3.19. The number of unbranched alkanes of at least 4 members (excludes halogenated alkanes) is 28. The first-order chi connectivity index (χ1) is 27.2. The van der Waals surface area contributed by atoms with E-state index in [2.05, 4.69) is 67.8 Å². The third kappa shape index (κ3) is 43.1. The van der Waals surface area contributed by atoms with Crippen LogP contribution in [0.5, 0.6) is 0 Å². The summed E-state index contributed by atoms with van der Waals surface area (Å²) in [5.41, 5.74) is 0. The van der Waals surface area contributed by atoms with Gasteiger partial charge in [0.1, 0.15) is 0 Å². The molecule has 4 heteroatoms. The van der Waals surface area contributed by atoms with Crippen LogP contribution in [0.4, 0.5) is 0 Å². The summed E-state index contributed by atoms with van der Waals surface area (Å²) in [6, 6.07) is -0.636. The molecule has 0 aliphatic rings. The zero-order valence-electron chi connectivity index (χ0n) is 36.7. The lowest BCUT2D eigenvalue weighted by molar-refractivity contribution is -0.123. The summed E-state index contributed by atoms with van der Waals surface area (Å²) in [4.78, 5) is 12.3. The molecule has 0 aromatic carbocycles. The minimum Gasteiger partial charge on any atom is -0.394 e. The van der Waals surface area contributed by atoms with E-state index in [1.165, 1.54) is 173 Å². The van der Waals surface area contributed by atoms with Gasteiger partial charge in [0.25, 0.3) is 0 Å². The van der Waals surface area contributed by atoms with Crippen molar-refractivity contribution in [1.82, 2.24) is 5.32 Å². The maximum atomic E-state index is 12.3. The molecule has 0 aromatic rings. The highest BCUT2D eigenvalue weighted by Crippen LogP contribution is 2.16. The number of hydrogen-bond acceptors (Lipinski definition) is 3. The highest BCUT2D eigenvalue weighted by molar-refractivity contribution is 5.76. The van der Waals surface area contributed by atoms with Gasteiger partial charge in [0.2, 0.25) is 5.91 Å². The van der Waals surface area contributed by atoms with Crippen LogP contribution in [0.25, 0.3) is 0 Å². The van der Waals surface area contributed by atoms with Crippen LogP contribution >= 0.6 is 0 Å². The van der Waals surface area contributed by atoms with Gasteiger partial charge in [-0.2, -0.15) is 0 Å². The number of rotatable bonds is 43. The lowest BCUT2D eigenvalue weighted by Crippen LogP contribution is -2.45. The molecule has 0 spiro atoms. The normalized spacial score (nSPS) is 13.5. The molecule has 0 saturated heterocycles. The Balaban J connectivity index is 3.41. The summed E-state index contributed by atoms with van der Waals surface area (Å²) in [5, 5.41) is 22.8. The Hall–Kier alpha value is -1.91. The summed E-state index contributed by atoms with van der Waals surface area (Å²) in [6.07, 6.45) is 65.2. The Morgan fingerprint density at radius 1 is 0.436 bits per heavy atom. The molecule has 55 heavy (non-hydrogen) atoms. The minimum atomic E-state index is -0.859. The number of nitrogens with one attached hydrogen (secondary N) is 1. The van der Waals surface area contributed by atoms with Crippen molar-refractivity contribution in [1.29, 1.82) is 0 Å². The van der Waals surface area contributed by atoms with Crippen LogP contribution in [0.15, 0.2) is 60.8 Å². The van der Waals surface area contributed by atoms with Gasteiger partial charge in [0.15, 0.2) is 0 Å². The fraction of sp³-hybridized carbons (Fsp3) is 0.784. The molecular weight excluding hydrogens is 675 g/mol. The van der Waals surface area contributed by atoms with E-state index in [-0.39, 0.29) is 12.5 Å². The number of aliphatic hydroxyl groups excluding tert-OH is 2. The molecule has 0 radical (unpaired) electrons. The van der Waals surface area contributed by atoms with E-state index in [1.54, 1.807) is 6.08 Å². The van der Waals surface area contributed by atoms with Gasteiger partial charge in [0.05, 0.1) is 18.8 Å². The molecule has 2 atom stereocenters. The molecule has 0 bridgehead atoms. The summed E-state index contributed by atoms with van der Waals surface area (Å²) in [6.45, 7) is 4.21. The standard InChI is InChI=1S/C51H93NO3/c1-3-5-7-9-11-13-14-15-16-17-18-19-20-21-22-23-24-25-26-27-28-29-30-31-32-33-34-35-36-37-38-39-41-43-45-47-51(55)52-49(48-53)50(54)46-44-42-40-12-10-8-6-4-2/h10,12,14-15,17-18,20-21,44,46,49-50,53-54H,3-9,11,13,16,19,22-43,45,47-48H2,1-2H3,(H,52,55)/b12-10+,15-14-,18-17-,21-20-,46-44+. The zero-order valence-corrected chi connectivity index (χ0v) is 36.7. The predicted octanol–water partition coefficient (Wildman–Crippen LogP) is 15.3. The quantitative estimate of drug-likeness (QED) is 0.0427. The number of allylic oxidation sites excluding steroid dienone is 9. The van der Waals surface area contributed by atoms with E-state index < -0.39 is 12.1 Å². The summed E-state index contributed by atoms with van der Waals surface area (Å²) < 4.78 is 0. The van der Waals surface area contributed by atoms with Crippen LogP contribution in [0.1, 0.15) is 239 Å². The van der Waals surface area contributed by atoms with Crippen molar-refractivity contribution in [2.24, 2.45) is 0 Å². The summed E-state index contributed by atoms with van der Waals surface area (Å²) in [7, 11) is 0. The van der Waals surface area contributed by atoms with Gasteiger partial charge in [-0.1, -0.05) is 229 Å². The molecule has 0 aliphatic heterocycles. The van der Waals surface area contributed by atoms with Crippen molar-refractivity contribution in [2.75, 3.05) is 6.61 Å². The van der Waals surface area contributed by atoms with E-state index in [1.807, 2.05) is 6.08 Å². The van der Waals surface area contributed by atoms with Crippen molar-refractivity contribution in [3.05, 3.63) is 60.8 Å². The first kappa shape index (κ1) is 53.1. The van der Waals surface area contributed by atoms with Gasteiger partial charge < -0.3 is 15.5 Å². The topological polar surface area (TPSA) is 69.6 Å². The SMILES string of the molecule is CCCC/C=C/CC/C=C/C(O)C(CO)NC(=O)CCCCCCCCCCCCCCCCCCCCCC/C=C\C/C=C\C/C=C\CCCCCCC. The number of amides is 1. The number of aliphatic hydroxyl groups is 2. The van der Waals surface area contributed by atoms with E-state index in [0.29, 0.717) is 6.42 Å². The molecular formula is C51H93NO3. The van der Waals surface area contributed by atoms with E-state index >= 15 is 0 Å². The van der Waals surface area contributed by atoms with Crippen molar-refractivity contribution in [3.63, 3.8) is 0 Å². The lowest BCUT2D eigenvalue weighted by Gasteiger charge is -2.19. The smallest absolute Gasteiger partial charge is 0.220 e. The first-order valence-corrected chi connectivity index (χ1v) is 24.0. The van der Waals surface area contributed by atoms with E-state index in [0.717, 1.165) is 44.9 Å². The molecule has 3 N–H and O–H groups in total. The van der Waals surface area contributed by atoms with Gasteiger partial charge in [0, 0.05) is 6.42 Å². The van der Waals surface area contributed by atoms with E-state index in [9.17, 15) is 15.0 Å². The maximum Gasteiger partial charge on any atom is 0.220 e. The van der Waals surface area contributed by atoms with Crippen LogP contribution < -0.4 is 5.32 Å². The Kier molecular flexibility index (Phi) is 44.9. The van der Waals surface area contributed by atoms with Crippen molar-refractivity contribution >= 4 is 5.91 Å².